The SMILES string of the molecule is C/C1=C/C=C/C(C)[C@H](O)[C@@H](C)[C@@H](O)C[C@H](OC(=O)CC(=O)N2CCC(Nc3cccnc3)CC2)CC/C=C/O[C@@]2(C)Oc3c(C)c(O)c4c(c3C2=O)C2=NC3(CCN(CC(C)C)CC3)NC2=C(NC1=O)C4=O. The molecule has 18 nitrogen and oxygen atoms in total. The normalized spacial score (nSPS) is 28.8. The summed E-state index contributed by atoms with van der Waals surface area (Å²) in [5.74, 6) is -6.13. The number of ketones is 2. The minimum Gasteiger partial charge on any atom is -0.507 e. The number of aromatic hydroxyl groups is 1. The molecule has 1 aromatic heterocycles. The fourth-order valence-electron chi connectivity index (χ4n) is 10.5. The van der Waals surface area contributed by atoms with Gasteiger partial charge in [0.15, 0.2) is 0 Å². The molecular weight excluding hydrogens is 923 g/mol. The van der Waals surface area contributed by atoms with E-state index < -0.39 is 77.2 Å². The molecule has 9 rings (SSSR count). The van der Waals surface area contributed by atoms with Crippen LogP contribution < -0.4 is 20.7 Å². The zero-order valence-corrected chi connectivity index (χ0v) is 42.3. The number of esters is 1. The van der Waals surface area contributed by atoms with E-state index in [1.807, 2.05) is 12.1 Å². The van der Waals surface area contributed by atoms with Gasteiger partial charge in [0.05, 0.1) is 46.7 Å². The number of carbonyl (C=O) groups excluding carboxylic acids is 5. The molecular formula is C54H69N7O11. The van der Waals surface area contributed by atoms with Gasteiger partial charge >= 0.3 is 11.8 Å². The molecule has 2 fully saturated rings. The molecule has 7 heterocycles. The molecule has 18 heteroatoms. The number of hydrogen-bond acceptors (Lipinski definition) is 16. The van der Waals surface area contributed by atoms with E-state index in [2.05, 4.69) is 39.7 Å². The van der Waals surface area contributed by atoms with E-state index >= 15 is 0 Å². The number of ether oxygens (including phenoxy) is 3. The van der Waals surface area contributed by atoms with Gasteiger partial charge in [0.2, 0.25) is 11.7 Å². The van der Waals surface area contributed by atoms with Gasteiger partial charge in [-0.3, -0.25) is 33.9 Å². The summed E-state index contributed by atoms with van der Waals surface area (Å²) >= 11 is 0. The molecule has 6 N–H and O–H groups in total. The molecule has 2 saturated heterocycles. The number of amides is 2. The third-order valence-corrected chi connectivity index (χ3v) is 14.8. The second-order valence-corrected chi connectivity index (χ2v) is 20.8. The summed E-state index contributed by atoms with van der Waals surface area (Å²) in [7, 11) is 0. The summed E-state index contributed by atoms with van der Waals surface area (Å²) in [4.78, 5) is 83.6. The number of pyridine rings is 1. The van der Waals surface area contributed by atoms with E-state index in [0.29, 0.717) is 57.8 Å². The first-order valence-corrected chi connectivity index (χ1v) is 25.3. The monoisotopic (exact) mass is 992 g/mol. The lowest BCUT2D eigenvalue weighted by atomic mass is 9.82. The maximum Gasteiger partial charge on any atom is 0.315 e. The topological polar surface area (TPSA) is 242 Å². The fraction of sp³-hybridized carbons (Fsp3) is 0.537. The van der Waals surface area contributed by atoms with Crippen LogP contribution in [0.4, 0.5) is 5.69 Å². The number of aliphatic hydroxyl groups excluding tert-OH is 2. The van der Waals surface area contributed by atoms with Crippen LogP contribution in [0.25, 0.3) is 0 Å². The minimum absolute atomic E-state index is 0.0182. The Hall–Kier alpha value is -6.37. The van der Waals surface area contributed by atoms with Crippen molar-refractivity contribution in [3.8, 4) is 11.5 Å². The van der Waals surface area contributed by atoms with Crippen LogP contribution in [0.3, 0.4) is 0 Å². The number of aliphatic imine (C=N–C) groups is 1. The average Bonchev–Trinajstić information content (AvgIpc) is 3.85. The number of anilines is 1. The number of aliphatic hydroxyl groups is 2. The number of hydrogen-bond donors (Lipinski definition) is 6. The molecule has 2 amide bonds. The number of fused-ring (bicyclic) bond motifs is 13. The lowest BCUT2D eigenvalue weighted by molar-refractivity contribution is -0.155. The lowest BCUT2D eigenvalue weighted by Gasteiger charge is -2.38. The quantitative estimate of drug-likeness (QED) is 0.151. The molecule has 0 radical (unpaired) electrons. The van der Waals surface area contributed by atoms with Gasteiger partial charge in [-0.05, 0) is 63.7 Å². The first-order valence-electron chi connectivity index (χ1n) is 25.3. The third kappa shape index (κ3) is 10.9. The van der Waals surface area contributed by atoms with Crippen molar-refractivity contribution < 1.29 is 53.5 Å². The van der Waals surface area contributed by atoms with Crippen LogP contribution in [0.5, 0.6) is 11.5 Å². The Balaban J connectivity index is 1.05. The van der Waals surface area contributed by atoms with Crippen molar-refractivity contribution in [1.29, 1.82) is 0 Å². The molecule has 0 saturated carbocycles. The zero-order valence-electron chi connectivity index (χ0n) is 42.3. The van der Waals surface area contributed by atoms with Crippen LogP contribution in [0.1, 0.15) is 125 Å². The van der Waals surface area contributed by atoms with Gasteiger partial charge in [-0.25, -0.2) is 0 Å². The van der Waals surface area contributed by atoms with E-state index in [-0.39, 0.29) is 81.9 Å². The van der Waals surface area contributed by atoms with E-state index in [1.165, 1.54) is 20.1 Å². The molecule has 7 aliphatic rings. The predicted molar refractivity (Wildman–Crippen MR) is 268 cm³/mol. The Labute approximate surface area is 420 Å². The highest BCUT2D eigenvalue weighted by Gasteiger charge is 2.54. The van der Waals surface area contributed by atoms with Crippen LogP contribution in [-0.4, -0.2) is 134 Å². The number of carbonyl (C=O) groups is 5. The van der Waals surface area contributed by atoms with Crippen molar-refractivity contribution in [1.82, 2.24) is 25.4 Å². The van der Waals surface area contributed by atoms with Gasteiger partial charge in [-0.15, -0.1) is 0 Å². The molecule has 5 bridgehead atoms. The van der Waals surface area contributed by atoms with Gasteiger partial charge < -0.3 is 55.3 Å². The largest absolute Gasteiger partial charge is 0.507 e. The van der Waals surface area contributed by atoms with Crippen molar-refractivity contribution in [2.75, 3.05) is 38.0 Å². The van der Waals surface area contributed by atoms with E-state index in [9.17, 15) is 39.3 Å². The van der Waals surface area contributed by atoms with Gasteiger partial charge in [-0.1, -0.05) is 45.9 Å². The molecule has 2 aromatic rings. The molecule has 1 aliphatic carbocycles. The molecule has 6 aliphatic heterocycles. The fourth-order valence-corrected chi connectivity index (χ4v) is 10.5. The summed E-state index contributed by atoms with van der Waals surface area (Å²) in [6, 6.07) is 3.93. The van der Waals surface area contributed by atoms with Crippen molar-refractivity contribution >= 4 is 40.7 Å². The predicted octanol–water partition coefficient (Wildman–Crippen LogP) is 5.37. The average molecular weight is 992 g/mol. The number of nitrogens with zero attached hydrogens (tertiary/aromatic N) is 4. The van der Waals surface area contributed by atoms with Crippen LogP contribution in [0, 0.1) is 24.7 Å². The number of likely N-dealkylation sites (tertiary alicyclic amines) is 2. The second-order valence-electron chi connectivity index (χ2n) is 20.8. The Kier molecular flexibility index (Phi) is 15.4. The summed E-state index contributed by atoms with van der Waals surface area (Å²) in [5, 5.41) is 44.5. The summed E-state index contributed by atoms with van der Waals surface area (Å²) < 4.78 is 18.2. The van der Waals surface area contributed by atoms with Crippen molar-refractivity contribution in [2.24, 2.45) is 22.7 Å². The second kappa shape index (κ2) is 21.4. The van der Waals surface area contributed by atoms with Crippen molar-refractivity contribution in [3.05, 3.63) is 94.3 Å². The Morgan fingerprint density at radius 1 is 1.01 bits per heavy atom. The third-order valence-electron chi connectivity index (χ3n) is 14.8. The van der Waals surface area contributed by atoms with Crippen LogP contribution >= 0.6 is 0 Å². The smallest absolute Gasteiger partial charge is 0.315 e. The Bertz CT molecular complexity index is 2610. The van der Waals surface area contributed by atoms with Gasteiger partial charge in [0.1, 0.15) is 35.4 Å². The first-order chi connectivity index (χ1) is 34.3. The molecule has 72 heavy (non-hydrogen) atoms. The van der Waals surface area contributed by atoms with E-state index in [4.69, 9.17) is 19.2 Å². The molecule has 1 spiro atoms. The highest BCUT2D eigenvalue weighted by Crippen LogP contribution is 2.50. The maximum absolute atomic E-state index is 14.8. The molecule has 386 valence electrons. The zero-order chi connectivity index (χ0) is 51.6. The van der Waals surface area contributed by atoms with Gasteiger partial charge in [0.25, 0.3) is 11.7 Å². The van der Waals surface area contributed by atoms with E-state index in [1.54, 1.807) is 62.4 Å². The Morgan fingerprint density at radius 2 is 1.75 bits per heavy atom. The van der Waals surface area contributed by atoms with Crippen LogP contribution in [0.15, 0.2) is 77.1 Å². The number of Topliss-reactive ketones (excluding diaryl/α,β-unsaturated/α-hetero) is 2. The van der Waals surface area contributed by atoms with Crippen molar-refractivity contribution in [3.63, 3.8) is 0 Å². The number of benzene rings is 1. The highest BCUT2D eigenvalue weighted by atomic mass is 16.7. The van der Waals surface area contributed by atoms with Crippen molar-refractivity contribution in [2.45, 2.75) is 136 Å². The molecule has 1 aromatic carbocycles. The lowest BCUT2D eigenvalue weighted by Crippen LogP contribution is -2.50. The minimum atomic E-state index is -1.95. The van der Waals surface area contributed by atoms with Gasteiger partial charge in [0, 0.05) is 106 Å². The number of rotatable bonds is 7. The van der Waals surface area contributed by atoms with Crippen LogP contribution in [-0.2, 0) is 23.9 Å². The number of phenolic OH excluding ortho intramolecular Hbond substituents is 1. The summed E-state index contributed by atoms with van der Waals surface area (Å²) in [6.45, 7) is 15.6. The molecule has 1 unspecified atom stereocenters. The molecule has 6 atom stereocenters. The Morgan fingerprint density at radius 3 is 2.44 bits per heavy atom. The van der Waals surface area contributed by atoms with Crippen LogP contribution in [0.2, 0.25) is 0 Å². The number of piperidine rings is 2. The highest BCUT2D eigenvalue weighted by molar-refractivity contribution is 6.34. The number of phenols is 1. The standard InChI is InChI=1S/C54H69N7O11/c1-30(2)29-60-23-18-54(19-24-60)58-44-41-42-48(66)34(6)50-43(41)51(68)53(7,72-50)70-25-9-8-15-37(71-40(64)27-39(63)61-21-16-35(17-22-61)56-36-14-11-20-55-28-36)26-38(62)33(5)47(65)31(3)12-10-13-32(4)52(69)57-46(49(42)67)45(44)59-54/h9-14,20,25,28,30-31,33,35,37-38,47,56,59,62,65-66H,8,15-19,21-24,26-27,29H2,1-7H3,(H,57,69)/b12-10+,25-9+,32-13-/t31?,33-,37+,38-,47-,53-/m0/s1. The number of aromatic nitrogens is 1. The van der Waals surface area contributed by atoms with E-state index in [0.717, 1.165) is 12.2 Å². The van der Waals surface area contributed by atoms with Gasteiger partial charge in [-0.2, -0.15) is 0 Å². The first kappa shape index (κ1) is 52.0. The maximum atomic E-state index is 14.8. The number of allylic oxidation sites excluding steroid dienone is 5. The summed E-state index contributed by atoms with van der Waals surface area (Å²) in [6.07, 6.45) is 10.5. The number of nitrogens with one attached hydrogen (secondary N) is 3. The summed E-state index contributed by atoms with van der Waals surface area (Å²) in [5.41, 5.74) is 0.669.